The number of rotatable bonds is 10. The van der Waals surface area contributed by atoms with Crippen molar-refractivity contribution in [3.8, 4) is 17.2 Å². The van der Waals surface area contributed by atoms with Crippen LogP contribution in [-0.4, -0.2) is 65.5 Å². The maximum Gasteiger partial charge on any atom is 0.295 e. The molecule has 0 radical (unpaired) electrons. The van der Waals surface area contributed by atoms with Gasteiger partial charge in [0.25, 0.3) is 11.7 Å². The van der Waals surface area contributed by atoms with Gasteiger partial charge in [-0.3, -0.25) is 9.59 Å². The first kappa shape index (κ1) is 27.7. The number of ketones is 1. The number of phenols is 1. The monoisotopic (exact) mass is 530 g/mol. The molecule has 2 N–H and O–H groups in total. The third kappa shape index (κ3) is 6.23. The van der Waals surface area contributed by atoms with Crippen LogP contribution in [0.4, 0.5) is 0 Å². The van der Waals surface area contributed by atoms with Crippen LogP contribution in [0.3, 0.4) is 0 Å². The van der Waals surface area contributed by atoms with Gasteiger partial charge >= 0.3 is 0 Å². The summed E-state index contributed by atoms with van der Waals surface area (Å²) in [6.45, 7) is 5.34. The standard InChI is InChI=1S/C31H34N2O6/c1-5-38-26-18-23(11-14-25(26)34)28-27(30(36)31(37)33(28)16-15-32(3)4)29(35)22-9-12-24(13-10-22)39-19-21-8-6-7-20(2)17-21/h6-14,17-18,28,34-35H,5,15-16,19H2,1-4H3/t28-/m1/s1. The molecule has 1 amide bonds. The van der Waals surface area contributed by atoms with E-state index in [4.69, 9.17) is 9.47 Å². The van der Waals surface area contributed by atoms with Gasteiger partial charge in [-0.15, -0.1) is 0 Å². The number of carbonyl (C=O) groups is 2. The number of aromatic hydroxyl groups is 1. The van der Waals surface area contributed by atoms with Gasteiger partial charge in [0.1, 0.15) is 18.1 Å². The first-order valence-electron chi connectivity index (χ1n) is 12.9. The van der Waals surface area contributed by atoms with Gasteiger partial charge in [-0.2, -0.15) is 0 Å². The molecule has 1 aliphatic rings. The van der Waals surface area contributed by atoms with E-state index >= 15 is 0 Å². The van der Waals surface area contributed by atoms with Crippen LogP contribution < -0.4 is 9.47 Å². The Morgan fingerprint density at radius 1 is 1.00 bits per heavy atom. The number of nitrogens with zero attached hydrogens (tertiary/aromatic N) is 2. The van der Waals surface area contributed by atoms with Gasteiger partial charge < -0.3 is 29.5 Å². The quantitative estimate of drug-likeness (QED) is 0.223. The van der Waals surface area contributed by atoms with E-state index in [1.54, 1.807) is 43.3 Å². The van der Waals surface area contributed by atoms with Gasteiger partial charge in [0.05, 0.1) is 18.2 Å². The van der Waals surface area contributed by atoms with Crippen LogP contribution in [0, 0.1) is 6.92 Å². The van der Waals surface area contributed by atoms with Crippen LogP contribution in [0.25, 0.3) is 5.76 Å². The van der Waals surface area contributed by atoms with Crippen molar-refractivity contribution >= 4 is 17.4 Å². The highest BCUT2D eigenvalue weighted by Gasteiger charge is 2.46. The second kappa shape index (κ2) is 12.0. The van der Waals surface area contributed by atoms with Crippen LogP contribution in [0.15, 0.2) is 72.3 Å². The molecule has 3 aromatic rings. The summed E-state index contributed by atoms with van der Waals surface area (Å²) >= 11 is 0. The number of ether oxygens (including phenoxy) is 2. The molecule has 0 aromatic heterocycles. The molecule has 1 aliphatic heterocycles. The molecule has 0 bridgehead atoms. The number of hydrogen-bond donors (Lipinski definition) is 2. The van der Waals surface area contributed by atoms with Gasteiger partial charge in [-0.25, -0.2) is 0 Å². The van der Waals surface area contributed by atoms with E-state index < -0.39 is 17.7 Å². The summed E-state index contributed by atoms with van der Waals surface area (Å²) in [5, 5.41) is 21.6. The molecule has 1 atom stereocenters. The summed E-state index contributed by atoms with van der Waals surface area (Å²) in [4.78, 5) is 29.8. The SMILES string of the molecule is CCOc1cc([C@@H]2C(=C(O)c3ccc(OCc4cccc(C)c4)cc3)C(=O)C(=O)N2CCN(C)C)ccc1O. The van der Waals surface area contributed by atoms with E-state index in [2.05, 4.69) is 6.07 Å². The van der Waals surface area contributed by atoms with Gasteiger partial charge in [0.15, 0.2) is 11.5 Å². The third-order valence-corrected chi connectivity index (χ3v) is 6.54. The summed E-state index contributed by atoms with van der Waals surface area (Å²) in [7, 11) is 3.75. The number of benzene rings is 3. The number of carbonyl (C=O) groups excluding carboxylic acids is 2. The van der Waals surface area contributed by atoms with E-state index in [-0.39, 0.29) is 29.4 Å². The van der Waals surface area contributed by atoms with E-state index in [0.717, 1.165) is 11.1 Å². The van der Waals surface area contributed by atoms with Crippen molar-refractivity contribution in [2.45, 2.75) is 26.5 Å². The van der Waals surface area contributed by atoms with Crippen LogP contribution >= 0.6 is 0 Å². The zero-order valence-electron chi connectivity index (χ0n) is 22.7. The zero-order chi connectivity index (χ0) is 28.1. The lowest BCUT2D eigenvalue weighted by molar-refractivity contribution is -0.140. The van der Waals surface area contributed by atoms with Gasteiger partial charge in [0.2, 0.25) is 0 Å². The topological polar surface area (TPSA) is 99.5 Å². The van der Waals surface area contributed by atoms with Gasteiger partial charge in [0, 0.05) is 18.7 Å². The van der Waals surface area contributed by atoms with E-state index in [9.17, 15) is 19.8 Å². The van der Waals surface area contributed by atoms with Gasteiger partial charge in [-0.1, -0.05) is 35.9 Å². The molecular weight excluding hydrogens is 496 g/mol. The Kier molecular flexibility index (Phi) is 8.56. The van der Waals surface area contributed by atoms with E-state index in [1.807, 2.05) is 44.1 Å². The predicted octanol–water partition coefficient (Wildman–Crippen LogP) is 4.66. The number of hydrogen-bond acceptors (Lipinski definition) is 7. The molecule has 0 aliphatic carbocycles. The van der Waals surface area contributed by atoms with Crippen LogP contribution in [0.5, 0.6) is 17.2 Å². The van der Waals surface area contributed by atoms with Crippen molar-refractivity contribution in [3.63, 3.8) is 0 Å². The Bertz CT molecular complexity index is 1380. The molecule has 0 saturated carbocycles. The fraction of sp³-hybridized carbons (Fsp3) is 0.290. The first-order chi connectivity index (χ1) is 18.7. The molecule has 4 rings (SSSR count). The Hall–Kier alpha value is -4.30. The number of amides is 1. The van der Waals surface area contributed by atoms with Crippen LogP contribution in [0.2, 0.25) is 0 Å². The molecule has 8 nitrogen and oxygen atoms in total. The largest absolute Gasteiger partial charge is 0.507 e. The average molecular weight is 531 g/mol. The number of aliphatic hydroxyl groups is 1. The van der Waals surface area contributed by atoms with Crippen molar-refractivity contribution < 1.29 is 29.3 Å². The second-order valence-electron chi connectivity index (χ2n) is 9.76. The summed E-state index contributed by atoms with van der Waals surface area (Å²) < 4.78 is 11.4. The maximum atomic E-state index is 13.3. The Labute approximate surface area is 228 Å². The Balaban J connectivity index is 1.68. The molecule has 3 aromatic carbocycles. The maximum absolute atomic E-state index is 13.3. The number of phenolic OH excluding ortho intramolecular Hbond substituents is 1. The fourth-order valence-electron chi connectivity index (χ4n) is 4.57. The Morgan fingerprint density at radius 3 is 2.41 bits per heavy atom. The van der Waals surface area contributed by atoms with Crippen molar-refractivity contribution in [1.82, 2.24) is 9.80 Å². The highest BCUT2D eigenvalue weighted by Crippen LogP contribution is 2.41. The molecule has 1 saturated heterocycles. The van der Waals surface area contributed by atoms with Crippen molar-refractivity contribution in [3.05, 3.63) is 94.6 Å². The minimum absolute atomic E-state index is 0.0136. The first-order valence-corrected chi connectivity index (χ1v) is 12.9. The predicted molar refractivity (Wildman–Crippen MR) is 149 cm³/mol. The van der Waals surface area contributed by atoms with Crippen molar-refractivity contribution in [1.29, 1.82) is 0 Å². The molecule has 1 heterocycles. The number of likely N-dealkylation sites (N-methyl/N-ethyl adjacent to an activating group) is 1. The lowest BCUT2D eigenvalue weighted by Gasteiger charge is -2.27. The lowest BCUT2D eigenvalue weighted by atomic mass is 9.95. The number of Topliss-reactive ketones (excluding diaryl/α,β-unsaturated/α-hetero) is 1. The smallest absolute Gasteiger partial charge is 0.295 e. The molecule has 39 heavy (non-hydrogen) atoms. The highest BCUT2D eigenvalue weighted by atomic mass is 16.5. The van der Waals surface area contributed by atoms with Crippen LogP contribution in [-0.2, 0) is 16.2 Å². The molecule has 204 valence electrons. The normalized spacial score (nSPS) is 16.6. The second-order valence-corrected chi connectivity index (χ2v) is 9.76. The fourth-order valence-corrected chi connectivity index (χ4v) is 4.57. The van der Waals surface area contributed by atoms with Crippen molar-refractivity contribution in [2.75, 3.05) is 33.8 Å². The summed E-state index contributed by atoms with van der Waals surface area (Å²) in [6, 6.07) is 18.7. The molecular formula is C31H34N2O6. The molecule has 8 heteroatoms. The summed E-state index contributed by atoms with van der Waals surface area (Å²) in [5.41, 5.74) is 3.11. The van der Waals surface area contributed by atoms with Crippen molar-refractivity contribution in [2.24, 2.45) is 0 Å². The number of aliphatic hydroxyl groups excluding tert-OH is 1. The number of likely N-dealkylation sites (tertiary alicyclic amines) is 1. The zero-order valence-corrected chi connectivity index (χ0v) is 22.7. The highest BCUT2D eigenvalue weighted by molar-refractivity contribution is 6.46. The summed E-state index contributed by atoms with van der Waals surface area (Å²) in [5.74, 6) is -0.928. The molecule has 0 spiro atoms. The van der Waals surface area contributed by atoms with Gasteiger partial charge in [-0.05, 0) is 75.5 Å². The summed E-state index contributed by atoms with van der Waals surface area (Å²) in [6.07, 6.45) is 0. The van der Waals surface area contributed by atoms with Crippen LogP contribution in [0.1, 0.15) is 35.2 Å². The number of aryl methyl sites for hydroxylation is 1. The minimum Gasteiger partial charge on any atom is -0.507 e. The van der Waals surface area contributed by atoms with E-state index in [1.165, 1.54) is 11.0 Å². The van der Waals surface area contributed by atoms with E-state index in [0.29, 0.717) is 36.6 Å². The minimum atomic E-state index is -0.845. The third-order valence-electron chi connectivity index (χ3n) is 6.54. The average Bonchev–Trinajstić information content (AvgIpc) is 3.17. The molecule has 0 unspecified atom stereocenters. The molecule has 1 fully saturated rings. The lowest BCUT2D eigenvalue weighted by Crippen LogP contribution is -2.35. The Morgan fingerprint density at radius 2 is 1.74 bits per heavy atom.